The summed E-state index contributed by atoms with van der Waals surface area (Å²) in [4.78, 5) is 26.6. The molecule has 102 valence electrons. The van der Waals surface area contributed by atoms with Gasteiger partial charge in [0.25, 0.3) is 0 Å². The van der Waals surface area contributed by atoms with Crippen molar-refractivity contribution in [1.29, 1.82) is 0 Å². The molecular weight excluding hydrogens is 248 g/mol. The summed E-state index contributed by atoms with van der Waals surface area (Å²) in [7, 11) is 0. The van der Waals surface area contributed by atoms with Gasteiger partial charge >= 0.3 is 5.97 Å². The molecule has 19 heavy (non-hydrogen) atoms. The maximum absolute atomic E-state index is 11.8. The van der Waals surface area contributed by atoms with E-state index in [1.807, 2.05) is 12.1 Å². The van der Waals surface area contributed by atoms with Crippen molar-refractivity contribution in [2.24, 2.45) is 5.92 Å². The van der Waals surface area contributed by atoms with Crippen molar-refractivity contribution in [1.82, 2.24) is 10.3 Å². The molecule has 1 fully saturated rings. The van der Waals surface area contributed by atoms with Crippen LogP contribution < -0.4 is 5.32 Å². The minimum absolute atomic E-state index is 0.154. The number of nitrogens with one attached hydrogen (secondary N) is 1. The summed E-state index contributed by atoms with van der Waals surface area (Å²) in [5, 5.41) is 11.7. The van der Waals surface area contributed by atoms with Gasteiger partial charge in [0.05, 0.1) is 19.3 Å². The van der Waals surface area contributed by atoms with E-state index in [9.17, 15) is 9.59 Å². The van der Waals surface area contributed by atoms with Crippen LogP contribution in [0.3, 0.4) is 0 Å². The van der Waals surface area contributed by atoms with Gasteiger partial charge in [-0.25, -0.2) is 0 Å². The molecule has 2 unspecified atom stereocenters. The van der Waals surface area contributed by atoms with Crippen molar-refractivity contribution in [3.63, 3.8) is 0 Å². The number of ether oxygens (including phenoxy) is 1. The Balaban J connectivity index is 1.80. The number of pyridine rings is 1. The number of rotatable bonds is 5. The lowest BCUT2D eigenvalue weighted by atomic mass is 10.0. The van der Waals surface area contributed by atoms with Crippen LogP contribution in [0.4, 0.5) is 0 Å². The number of carbonyl (C=O) groups excluding carboxylic acids is 1. The summed E-state index contributed by atoms with van der Waals surface area (Å²) in [5.41, 5.74) is 1.03. The summed E-state index contributed by atoms with van der Waals surface area (Å²) in [6, 6.07) is 3.28. The maximum atomic E-state index is 11.8. The summed E-state index contributed by atoms with van der Waals surface area (Å²) in [5.74, 6) is -1.74. The first-order chi connectivity index (χ1) is 9.16. The molecule has 2 heterocycles. The van der Waals surface area contributed by atoms with Gasteiger partial charge in [0.1, 0.15) is 5.92 Å². The molecule has 0 bridgehead atoms. The van der Waals surface area contributed by atoms with E-state index in [0.29, 0.717) is 12.8 Å². The van der Waals surface area contributed by atoms with Crippen LogP contribution in [0.25, 0.3) is 0 Å². The van der Waals surface area contributed by atoms with Crippen molar-refractivity contribution < 1.29 is 19.4 Å². The van der Waals surface area contributed by atoms with E-state index in [1.54, 1.807) is 12.4 Å². The Morgan fingerprint density at radius 2 is 2.11 bits per heavy atom. The van der Waals surface area contributed by atoms with Gasteiger partial charge in [-0.05, 0) is 24.1 Å². The number of carboxylic acids is 1. The van der Waals surface area contributed by atoms with Crippen LogP contribution in [0, 0.1) is 5.92 Å². The number of hydrogen-bond acceptors (Lipinski definition) is 4. The molecule has 6 nitrogen and oxygen atoms in total. The highest BCUT2D eigenvalue weighted by atomic mass is 16.5. The largest absolute Gasteiger partial charge is 0.481 e. The van der Waals surface area contributed by atoms with Crippen molar-refractivity contribution in [2.45, 2.75) is 18.9 Å². The Labute approximate surface area is 110 Å². The van der Waals surface area contributed by atoms with E-state index in [-0.39, 0.29) is 19.1 Å². The van der Waals surface area contributed by atoms with Gasteiger partial charge in [0, 0.05) is 18.8 Å². The second-order valence-corrected chi connectivity index (χ2v) is 4.51. The SMILES string of the molecule is O=C(CCc1ccncc1)NC1COCC1C(=O)O. The number of carboxylic acid groups (broad SMARTS) is 1. The molecule has 0 spiro atoms. The van der Waals surface area contributed by atoms with Crippen molar-refractivity contribution >= 4 is 11.9 Å². The van der Waals surface area contributed by atoms with Crippen molar-refractivity contribution in [3.8, 4) is 0 Å². The van der Waals surface area contributed by atoms with Crippen LogP contribution in [-0.2, 0) is 20.7 Å². The van der Waals surface area contributed by atoms with Gasteiger partial charge in [0.15, 0.2) is 0 Å². The fourth-order valence-electron chi connectivity index (χ4n) is 2.03. The number of carbonyl (C=O) groups is 2. The fourth-order valence-corrected chi connectivity index (χ4v) is 2.03. The smallest absolute Gasteiger partial charge is 0.311 e. The van der Waals surface area contributed by atoms with E-state index in [2.05, 4.69) is 10.3 Å². The molecule has 6 heteroatoms. The molecule has 2 N–H and O–H groups in total. The molecule has 1 aromatic heterocycles. The Bertz CT molecular complexity index is 449. The summed E-state index contributed by atoms with van der Waals surface area (Å²) in [6.45, 7) is 0.419. The lowest BCUT2D eigenvalue weighted by Crippen LogP contribution is -2.42. The monoisotopic (exact) mass is 264 g/mol. The lowest BCUT2D eigenvalue weighted by molar-refractivity contribution is -0.142. The molecular formula is C13H16N2O4. The quantitative estimate of drug-likeness (QED) is 0.794. The molecule has 1 aliphatic heterocycles. The molecule has 0 aliphatic carbocycles. The Morgan fingerprint density at radius 3 is 2.79 bits per heavy atom. The number of amides is 1. The van der Waals surface area contributed by atoms with Crippen molar-refractivity contribution in [2.75, 3.05) is 13.2 Å². The van der Waals surface area contributed by atoms with Gasteiger partial charge in [-0.1, -0.05) is 0 Å². The fraction of sp³-hybridized carbons (Fsp3) is 0.462. The first-order valence-corrected chi connectivity index (χ1v) is 6.15. The standard InChI is InChI=1S/C13H16N2O4/c16-12(2-1-9-3-5-14-6-4-9)15-11-8-19-7-10(11)13(17)18/h3-6,10-11H,1-2,7-8H2,(H,15,16)(H,17,18). The molecule has 0 aromatic carbocycles. The lowest BCUT2D eigenvalue weighted by Gasteiger charge is -2.15. The highest BCUT2D eigenvalue weighted by Crippen LogP contribution is 2.14. The zero-order chi connectivity index (χ0) is 13.7. The van der Waals surface area contributed by atoms with Crippen LogP contribution >= 0.6 is 0 Å². The molecule has 1 aliphatic rings. The Hall–Kier alpha value is -1.95. The van der Waals surface area contributed by atoms with Gasteiger partial charge in [-0.15, -0.1) is 0 Å². The van der Waals surface area contributed by atoms with E-state index in [4.69, 9.17) is 9.84 Å². The van der Waals surface area contributed by atoms with Gasteiger partial charge < -0.3 is 15.2 Å². The number of nitrogens with zero attached hydrogens (tertiary/aromatic N) is 1. The Kier molecular flexibility index (Phi) is 4.46. The van der Waals surface area contributed by atoms with E-state index < -0.39 is 17.9 Å². The topological polar surface area (TPSA) is 88.5 Å². The van der Waals surface area contributed by atoms with Crippen LogP contribution in [0.15, 0.2) is 24.5 Å². The maximum Gasteiger partial charge on any atom is 0.311 e. The van der Waals surface area contributed by atoms with Gasteiger partial charge in [-0.3, -0.25) is 14.6 Å². The molecule has 0 radical (unpaired) electrons. The van der Waals surface area contributed by atoms with Crippen LogP contribution in [0.5, 0.6) is 0 Å². The van der Waals surface area contributed by atoms with E-state index in [1.165, 1.54) is 0 Å². The second-order valence-electron chi connectivity index (χ2n) is 4.51. The zero-order valence-corrected chi connectivity index (χ0v) is 10.4. The highest BCUT2D eigenvalue weighted by Gasteiger charge is 2.34. The summed E-state index contributed by atoms with van der Waals surface area (Å²) < 4.78 is 5.09. The number of aromatic nitrogens is 1. The van der Waals surface area contributed by atoms with Crippen LogP contribution in [0.2, 0.25) is 0 Å². The molecule has 1 saturated heterocycles. The van der Waals surface area contributed by atoms with Crippen LogP contribution in [-0.4, -0.2) is 41.2 Å². The number of aliphatic carboxylic acids is 1. The first kappa shape index (κ1) is 13.5. The van der Waals surface area contributed by atoms with Crippen molar-refractivity contribution in [3.05, 3.63) is 30.1 Å². The molecule has 2 atom stereocenters. The third-order valence-corrected chi connectivity index (χ3v) is 3.13. The van der Waals surface area contributed by atoms with Gasteiger partial charge in [-0.2, -0.15) is 0 Å². The number of aryl methyl sites for hydroxylation is 1. The number of hydrogen-bond donors (Lipinski definition) is 2. The molecule has 2 rings (SSSR count). The van der Waals surface area contributed by atoms with Gasteiger partial charge in [0.2, 0.25) is 5.91 Å². The first-order valence-electron chi connectivity index (χ1n) is 6.15. The van der Waals surface area contributed by atoms with E-state index in [0.717, 1.165) is 5.56 Å². The molecule has 1 aromatic rings. The predicted octanol–water partition coefficient (Wildman–Crippen LogP) is 0.230. The summed E-state index contributed by atoms with van der Waals surface area (Å²) in [6.07, 6.45) is 4.30. The Morgan fingerprint density at radius 1 is 1.37 bits per heavy atom. The highest BCUT2D eigenvalue weighted by molar-refractivity contribution is 5.78. The summed E-state index contributed by atoms with van der Waals surface area (Å²) >= 11 is 0. The average Bonchev–Trinajstić information content (AvgIpc) is 2.86. The average molecular weight is 264 g/mol. The minimum Gasteiger partial charge on any atom is -0.481 e. The third kappa shape index (κ3) is 3.75. The molecule has 1 amide bonds. The van der Waals surface area contributed by atoms with E-state index >= 15 is 0 Å². The zero-order valence-electron chi connectivity index (χ0n) is 10.4. The second kappa shape index (κ2) is 6.29. The van der Waals surface area contributed by atoms with Crippen LogP contribution in [0.1, 0.15) is 12.0 Å². The predicted molar refractivity (Wildman–Crippen MR) is 66.4 cm³/mol. The normalized spacial score (nSPS) is 22.1. The third-order valence-electron chi connectivity index (χ3n) is 3.13. The minimum atomic E-state index is -0.933. The molecule has 0 saturated carbocycles.